The Morgan fingerprint density at radius 1 is 0.875 bits per heavy atom. The Morgan fingerprint density at radius 2 is 1.50 bits per heavy atom. The summed E-state index contributed by atoms with van der Waals surface area (Å²) in [4.78, 5) is 24.3. The molecule has 0 aliphatic rings. The number of nitro benzene ring substituents is 1. The largest absolute Gasteiger partial charge is 0.351 e. The first kappa shape index (κ1) is 26.6. The second-order valence-electron chi connectivity index (χ2n) is 9.84. The van der Waals surface area contributed by atoms with E-state index in [1.807, 2.05) is 68.4 Å². The highest BCUT2D eigenvalue weighted by Gasteiger charge is 2.20. The quantitative estimate of drug-likeness (QED) is 0.164. The Labute approximate surface area is 233 Å². The number of aryl methyl sites for hydroxylation is 2. The molecule has 1 heterocycles. The Balaban J connectivity index is 1.43. The van der Waals surface area contributed by atoms with Gasteiger partial charge in [-0.05, 0) is 66.8 Å². The molecular weight excluding hydrogens is 500 g/mol. The molecule has 0 aliphatic heterocycles. The summed E-state index contributed by atoms with van der Waals surface area (Å²) in [5, 5.41) is 19.0. The van der Waals surface area contributed by atoms with Crippen molar-refractivity contribution in [3.05, 3.63) is 147 Å². The monoisotopic (exact) mass is 530 g/mol. The zero-order valence-electron chi connectivity index (χ0n) is 22.5. The number of hydrogen-bond acceptors (Lipinski definition) is 4. The minimum absolute atomic E-state index is 0.00191. The second kappa shape index (κ2) is 11.8. The van der Waals surface area contributed by atoms with Crippen LogP contribution in [0, 0.1) is 24.0 Å². The number of benzene rings is 4. The lowest BCUT2D eigenvalue weighted by Gasteiger charge is -2.18. The fourth-order valence-electron chi connectivity index (χ4n) is 4.89. The van der Waals surface area contributed by atoms with Crippen molar-refractivity contribution in [3.63, 3.8) is 0 Å². The molecular formula is C33H30N4O3. The molecule has 0 bridgehead atoms. The number of nitrogens with one attached hydrogen (secondary N) is 1. The van der Waals surface area contributed by atoms with Crippen LogP contribution in [0.15, 0.2) is 109 Å². The third-order valence-electron chi connectivity index (χ3n) is 7.03. The standard InChI is InChI=1S/C33H30N4O3/c1-23-13-14-24(2)31(21-23)36-32(22-30(35-36)27-15-17-28(18-16-27)37(39)40)33(38)34-20-19-29(25-9-5-3-6-10-25)26-11-7-4-8-12-26/h3-18,21-22,29H,19-20H2,1-2H3,(H,34,38). The van der Waals surface area contributed by atoms with Crippen LogP contribution in [0.1, 0.15) is 45.1 Å². The van der Waals surface area contributed by atoms with Gasteiger partial charge < -0.3 is 5.32 Å². The summed E-state index contributed by atoms with van der Waals surface area (Å²) in [7, 11) is 0. The van der Waals surface area contributed by atoms with E-state index in [0.29, 0.717) is 23.5 Å². The lowest BCUT2D eigenvalue weighted by Crippen LogP contribution is -2.28. The molecule has 0 atom stereocenters. The maximum absolute atomic E-state index is 13.6. The summed E-state index contributed by atoms with van der Waals surface area (Å²) < 4.78 is 1.67. The summed E-state index contributed by atoms with van der Waals surface area (Å²) in [6, 6.07) is 34.6. The van der Waals surface area contributed by atoms with Gasteiger partial charge in [-0.2, -0.15) is 5.10 Å². The molecule has 7 nitrogen and oxygen atoms in total. The molecule has 5 rings (SSSR count). The predicted molar refractivity (Wildman–Crippen MR) is 157 cm³/mol. The van der Waals surface area contributed by atoms with Gasteiger partial charge in [-0.25, -0.2) is 4.68 Å². The molecule has 0 saturated heterocycles. The molecule has 0 aliphatic carbocycles. The fourth-order valence-corrected chi connectivity index (χ4v) is 4.89. The van der Waals surface area contributed by atoms with E-state index in [2.05, 4.69) is 29.6 Å². The van der Waals surface area contributed by atoms with Crippen molar-refractivity contribution in [1.29, 1.82) is 0 Å². The van der Waals surface area contributed by atoms with E-state index < -0.39 is 4.92 Å². The highest BCUT2D eigenvalue weighted by molar-refractivity contribution is 5.94. The third-order valence-corrected chi connectivity index (χ3v) is 7.03. The Kier molecular flexibility index (Phi) is 7.82. The Hall–Kier alpha value is -5.04. The molecule has 7 heteroatoms. The van der Waals surface area contributed by atoms with Crippen LogP contribution in [0.25, 0.3) is 16.9 Å². The average Bonchev–Trinajstić information content (AvgIpc) is 3.43. The van der Waals surface area contributed by atoms with Gasteiger partial charge in [0.1, 0.15) is 5.69 Å². The number of hydrogen-bond donors (Lipinski definition) is 1. The fraction of sp³-hybridized carbons (Fsp3) is 0.152. The van der Waals surface area contributed by atoms with Crippen LogP contribution in [0.4, 0.5) is 5.69 Å². The topological polar surface area (TPSA) is 90.1 Å². The number of non-ortho nitro benzene ring substituents is 1. The summed E-state index contributed by atoms with van der Waals surface area (Å²) in [6.45, 7) is 4.45. The molecule has 1 aromatic heterocycles. The number of nitrogens with zero attached hydrogens (tertiary/aromatic N) is 3. The molecule has 0 fully saturated rings. The number of aromatic nitrogens is 2. The van der Waals surface area contributed by atoms with Gasteiger partial charge in [-0.3, -0.25) is 14.9 Å². The molecule has 200 valence electrons. The first-order chi connectivity index (χ1) is 19.4. The lowest BCUT2D eigenvalue weighted by atomic mass is 9.88. The van der Waals surface area contributed by atoms with Crippen LogP contribution in [0.2, 0.25) is 0 Å². The summed E-state index contributed by atoms with van der Waals surface area (Å²) in [5.41, 5.74) is 6.89. The van der Waals surface area contributed by atoms with E-state index >= 15 is 0 Å². The molecule has 40 heavy (non-hydrogen) atoms. The number of nitro groups is 1. The van der Waals surface area contributed by atoms with Crippen LogP contribution < -0.4 is 5.32 Å². The molecule has 0 spiro atoms. The van der Waals surface area contributed by atoms with Crippen LogP contribution in [-0.2, 0) is 0 Å². The number of carbonyl (C=O) groups is 1. The summed E-state index contributed by atoms with van der Waals surface area (Å²) in [5.74, 6) is -0.0938. The van der Waals surface area contributed by atoms with Crippen LogP contribution in [-0.4, -0.2) is 27.2 Å². The molecule has 0 saturated carbocycles. The first-order valence-electron chi connectivity index (χ1n) is 13.2. The maximum atomic E-state index is 13.6. The first-order valence-corrected chi connectivity index (χ1v) is 13.2. The van der Waals surface area contributed by atoms with Gasteiger partial charge in [-0.1, -0.05) is 72.8 Å². The lowest BCUT2D eigenvalue weighted by molar-refractivity contribution is -0.384. The molecule has 0 radical (unpaired) electrons. The molecule has 0 unspecified atom stereocenters. The minimum Gasteiger partial charge on any atom is -0.351 e. The molecule has 1 N–H and O–H groups in total. The highest BCUT2D eigenvalue weighted by Crippen LogP contribution is 2.28. The number of amides is 1. The molecule has 5 aromatic rings. The normalized spacial score (nSPS) is 11.0. The molecule has 1 amide bonds. The van der Waals surface area contributed by atoms with Crippen molar-refractivity contribution in [2.75, 3.05) is 6.54 Å². The third kappa shape index (κ3) is 5.83. The predicted octanol–water partition coefficient (Wildman–Crippen LogP) is 7.02. The van der Waals surface area contributed by atoms with Crippen molar-refractivity contribution >= 4 is 11.6 Å². The number of carbonyl (C=O) groups excluding carboxylic acids is 1. The van der Waals surface area contributed by atoms with Crippen molar-refractivity contribution < 1.29 is 9.72 Å². The van der Waals surface area contributed by atoms with E-state index in [0.717, 1.165) is 23.2 Å². The van der Waals surface area contributed by atoms with Crippen molar-refractivity contribution in [2.45, 2.75) is 26.2 Å². The zero-order valence-corrected chi connectivity index (χ0v) is 22.5. The van der Waals surface area contributed by atoms with E-state index in [1.165, 1.54) is 23.3 Å². The maximum Gasteiger partial charge on any atom is 0.270 e. The van der Waals surface area contributed by atoms with E-state index in [1.54, 1.807) is 22.9 Å². The van der Waals surface area contributed by atoms with E-state index in [-0.39, 0.29) is 17.5 Å². The second-order valence-corrected chi connectivity index (χ2v) is 9.84. The highest BCUT2D eigenvalue weighted by atomic mass is 16.6. The van der Waals surface area contributed by atoms with Crippen molar-refractivity contribution in [2.24, 2.45) is 0 Å². The van der Waals surface area contributed by atoms with Crippen LogP contribution in [0.5, 0.6) is 0 Å². The summed E-state index contributed by atoms with van der Waals surface area (Å²) in [6.07, 6.45) is 0.729. The van der Waals surface area contributed by atoms with Gasteiger partial charge in [0.05, 0.1) is 16.3 Å². The van der Waals surface area contributed by atoms with Gasteiger partial charge in [0.15, 0.2) is 0 Å². The number of rotatable bonds is 9. The Morgan fingerprint density at radius 3 is 2.10 bits per heavy atom. The van der Waals surface area contributed by atoms with E-state index in [4.69, 9.17) is 5.10 Å². The molecule has 4 aromatic carbocycles. The van der Waals surface area contributed by atoms with Crippen molar-refractivity contribution in [1.82, 2.24) is 15.1 Å². The minimum atomic E-state index is -0.435. The van der Waals surface area contributed by atoms with Gasteiger partial charge in [0.2, 0.25) is 0 Å². The Bertz CT molecular complexity index is 1590. The zero-order chi connectivity index (χ0) is 28.1. The smallest absolute Gasteiger partial charge is 0.270 e. The SMILES string of the molecule is Cc1ccc(C)c(-n2nc(-c3ccc([N+](=O)[O-])cc3)cc2C(=O)NCCC(c2ccccc2)c2ccccc2)c1. The van der Waals surface area contributed by atoms with Gasteiger partial charge >= 0.3 is 0 Å². The van der Waals surface area contributed by atoms with Crippen LogP contribution >= 0.6 is 0 Å². The van der Waals surface area contributed by atoms with Gasteiger partial charge in [0, 0.05) is 30.2 Å². The van der Waals surface area contributed by atoms with Crippen molar-refractivity contribution in [3.8, 4) is 16.9 Å². The van der Waals surface area contributed by atoms with Crippen LogP contribution in [0.3, 0.4) is 0 Å². The van der Waals surface area contributed by atoms with Gasteiger partial charge in [-0.15, -0.1) is 0 Å². The van der Waals surface area contributed by atoms with E-state index in [9.17, 15) is 14.9 Å². The average molecular weight is 531 g/mol. The summed E-state index contributed by atoms with van der Waals surface area (Å²) >= 11 is 0. The van der Waals surface area contributed by atoms with Gasteiger partial charge in [0.25, 0.3) is 11.6 Å².